The molecule has 0 heterocycles. The molecule has 162 valence electrons. The molecule has 2 unspecified atom stereocenters. The van der Waals surface area contributed by atoms with Crippen LogP contribution in [0, 0.1) is 17.8 Å². The van der Waals surface area contributed by atoms with Crippen molar-refractivity contribution in [2.45, 2.75) is 70.4 Å². The van der Waals surface area contributed by atoms with Crippen LogP contribution in [0.1, 0.15) is 59.3 Å². The molecule has 2 aromatic rings. The summed E-state index contributed by atoms with van der Waals surface area (Å²) in [5, 5.41) is 12.7. The Labute approximate surface area is 183 Å². The fourth-order valence-corrected chi connectivity index (χ4v) is 10.9. The molecule has 0 spiro atoms. The number of rotatable bonds is 7. The second-order valence-electron chi connectivity index (χ2n) is 10.6. The molecule has 2 fully saturated rings. The Morgan fingerprint density at radius 3 is 1.80 bits per heavy atom. The molecule has 30 heavy (non-hydrogen) atoms. The van der Waals surface area contributed by atoms with E-state index in [4.69, 9.17) is 4.43 Å². The van der Waals surface area contributed by atoms with Crippen molar-refractivity contribution in [2.75, 3.05) is 6.61 Å². The van der Waals surface area contributed by atoms with Crippen LogP contribution in [0.4, 0.5) is 0 Å². The molecule has 0 radical (unpaired) electrons. The fraction of sp³-hybridized carbons (Fsp3) is 0.556. The molecule has 2 saturated carbocycles. The van der Waals surface area contributed by atoms with E-state index < -0.39 is 8.32 Å². The Balaban J connectivity index is 1.47. The first-order valence-corrected chi connectivity index (χ1v) is 13.7. The quantitative estimate of drug-likeness (QED) is 0.494. The van der Waals surface area contributed by atoms with Crippen molar-refractivity contribution in [1.82, 2.24) is 0 Å². The summed E-state index contributed by atoms with van der Waals surface area (Å²) in [6.07, 6.45) is 7.10. The average molecular weight is 423 g/mol. The molecule has 0 saturated heterocycles. The summed E-state index contributed by atoms with van der Waals surface area (Å²) in [6.45, 7) is 7.88. The maximum atomic E-state index is 9.90. The minimum Gasteiger partial charge on any atom is -0.407 e. The topological polar surface area (TPSA) is 29.5 Å². The summed E-state index contributed by atoms with van der Waals surface area (Å²) < 4.78 is 7.04. The maximum Gasteiger partial charge on any atom is 0.261 e. The average Bonchev–Trinajstić information content (AvgIpc) is 3.25. The largest absolute Gasteiger partial charge is 0.407 e. The zero-order valence-corrected chi connectivity index (χ0v) is 19.9. The molecular weight excluding hydrogens is 384 g/mol. The molecule has 2 aromatic carbocycles. The van der Waals surface area contributed by atoms with Gasteiger partial charge in [-0.05, 0) is 71.7 Å². The first-order chi connectivity index (χ1) is 14.4. The van der Waals surface area contributed by atoms with Crippen LogP contribution in [-0.2, 0) is 4.43 Å². The first kappa shape index (κ1) is 21.8. The third-order valence-electron chi connectivity index (χ3n) is 7.58. The summed E-state index contributed by atoms with van der Waals surface area (Å²) in [7, 11) is -2.39. The maximum absolute atomic E-state index is 9.90. The van der Waals surface area contributed by atoms with E-state index in [-0.39, 0.29) is 11.1 Å². The van der Waals surface area contributed by atoms with E-state index in [1.807, 2.05) is 0 Å². The van der Waals surface area contributed by atoms with Crippen molar-refractivity contribution in [2.24, 2.45) is 17.8 Å². The van der Waals surface area contributed by atoms with Gasteiger partial charge >= 0.3 is 0 Å². The molecule has 4 rings (SSSR count). The molecule has 0 aliphatic heterocycles. The smallest absolute Gasteiger partial charge is 0.261 e. The lowest BCUT2D eigenvalue weighted by Gasteiger charge is -2.43. The number of hydrogen-bond acceptors (Lipinski definition) is 2. The second kappa shape index (κ2) is 8.98. The molecule has 0 aromatic heterocycles. The third kappa shape index (κ3) is 4.30. The lowest BCUT2D eigenvalue weighted by Crippen LogP contribution is -2.66. The zero-order chi connectivity index (χ0) is 21.2. The van der Waals surface area contributed by atoms with Gasteiger partial charge in [0.2, 0.25) is 0 Å². The number of benzene rings is 2. The van der Waals surface area contributed by atoms with Gasteiger partial charge in [-0.15, -0.1) is 0 Å². The van der Waals surface area contributed by atoms with E-state index in [1.165, 1.54) is 29.6 Å². The highest BCUT2D eigenvalue weighted by atomic mass is 28.4. The predicted octanol–water partition coefficient (Wildman–Crippen LogP) is 5.14. The molecular formula is C27H38O2Si. The fourth-order valence-electron chi connectivity index (χ4n) is 6.30. The lowest BCUT2D eigenvalue weighted by molar-refractivity contribution is 0.167. The van der Waals surface area contributed by atoms with Crippen LogP contribution in [-0.4, -0.2) is 26.1 Å². The van der Waals surface area contributed by atoms with Crippen molar-refractivity contribution in [3.63, 3.8) is 0 Å². The van der Waals surface area contributed by atoms with Gasteiger partial charge in [0.05, 0.1) is 6.10 Å². The van der Waals surface area contributed by atoms with Crippen LogP contribution in [0.5, 0.6) is 0 Å². The van der Waals surface area contributed by atoms with Crippen LogP contribution >= 0.6 is 0 Å². The Hall–Kier alpha value is -1.42. The summed E-state index contributed by atoms with van der Waals surface area (Å²) in [4.78, 5) is 0. The molecule has 0 amide bonds. The van der Waals surface area contributed by atoms with Crippen LogP contribution < -0.4 is 10.4 Å². The van der Waals surface area contributed by atoms with Crippen molar-refractivity contribution >= 4 is 18.7 Å². The number of aliphatic hydroxyl groups is 1. The van der Waals surface area contributed by atoms with E-state index in [0.29, 0.717) is 0 Å². The van der Waals surface area contributed by atoms with E-state index in [0.717, 1.165) is 43.6 Å². The Morgan fingerprint density at radius 2 is 1.33 bits per heavy atom. The molecule has 1 N–H and O–H groups in total. The van der Waals surface area contributed by atoms with E-state index in [9.17, 15) is 5.11 Å². The number of hydrogen-bond donors (Lipinski definition) is 1. The molecule has 4 atom stereocenters. The molecule has 0 bridgehead atoms. The van der Waals surface area contributed by atoms with E-state index >= 15 is 0 Å². The van der Waals surface area contributed by atoms with Crippen molar-refractivity contribution in [3.05, 3.63) is 60.7 Å². The van der Waals surface area contributed by atoms with Crippen LogP contribution in [0.2, 0.25) is 5.04 Å². The molecule has 2 nitrogen and oxygen atoms in total. The van der Waals surface area contributed by atoms with E-state index in [2.05, 4.69) is 81.4 Å². The van der Waals surface area contributed by atoms with Crippen molar-refractivity contribution in [3.8, 4) is 0 Å². The third-order valence-corrected chi connectivity index (χ3v) is 12.6. The number of fused-ring (bicyclic) bond motifs is 1. The highest BCUT2D eigenvalue weighted by molar-refractivity contribution is 6.99. The summed E-state index contributed by atoms with van der Waals surface area (Å²) in [6, 6.07) is 21.9. The molecule has 3 heteroatoms. The number of aliphatic hydroxyl groups excluding tert-OH is 1. The Morgan fingerprint density at radius 1 is 0.833 bits per heavy atom. The monoisotopic (exact) mass is 422 g/mol. The second-order valence-corrected chi connectivity index (χ2v) is 14.9. The van der Waals surface area contributed by atoms with Gasteiger partial charge in [0.1, 0.15) is 0 Å². The van der Waals surface area contributed by atoms with Gasteiger partial charge in [-0.25, -0.2) is 0 Å². The minimum atomic E-state index is -2.39. The van der Waals surface area contributed by atoms with Crippen LogP contribution in [0.25, 0.3) is 0 Å². The molecule has 2 aliphatic rings. The van der Waals surface area contributed by atoms with Gasteiger partial charge < -0.3 is 9.53 Å². The van der Waals surface area contributed by atoms with Gasteiger partial charge in [-0.2, -0.15) is 0 Å². The van der Waals surface area contributed by atoms with E-state index in [1.54, 1.807) is 0 Å². The summed E-state index contributed by atoms with van der Waals surface area (Å²) >= 11 is 0. The molecule has 2 aliphatic carbocycles. The van der Waals surface area contributed by atoms with Gasteiger partial charge in [0.25, 0.3) is 8.32 Å². The predicted molar refractivity (Wildman–Crippen MR) is 128 cm³/mol. The SMILES string of the molecule is CC(C)(C)[Si](OCCCC1C[C@H]2CC(O)C[C@H]2C1)(c1ccccc1)c1ccccc1. The van der Waals surface area contributed by atoms with Crippen LogP contribution in [0.15, 0.2) is 60.7 Å². The highest BCUT2D eigenvalue weighted by Gasteiger charge is 2.50. The summed E-state index contributed by atoms with van der Waals surface area (Å²) in [5.41, 5.74) is 0. The van der Waals surface area contributed by atoms with Gasteiger partial charge in [-0.3, -0.25) is 0 Å². The first-order valence-electron chi connectivity index (χ1n) is 11.8. The normalized spacial score (nSPS) is 26.7. The highest BCUT2D eigenvalue weighted by Crippen LogP contribution is 2.48. The Bertz CT molecular complexity index is 745. The minimum absolute atomic E-state index is 0.0283. The Kier molecular flexibility index (Phi) is 6.52. The summed E-state index contributed by atoms with van der Waals surface area (Å²) in [5.74, 6) is 2.39. The van der Waals surface area contributed by atoms with Gasteiger partial charge in [0.15, 0.2) is 0 Å². The van der Waals surface area contributed by atoms with Crippen molar-refractivity contribution < 1.29 is 9.53 Å². The van der Waals surface area contributed by atoms with Gasteiger partial charge in [-0.1, -0.05) is 81.4 Å². The standard InChI is InChI=1S/C27H38O2Si/c1-27(2,3)30(25-12-6-4-7-13-25,26-14-8-5-9-15-26)29-16-10-11-21-17-22-19-24(28)20-23(22)18-21/h4-9,12-15,21-24,28H,10-11,16-20H2,1-3H3/t21?,22-,23+,24?. The van der Waals surface area contributed by atoms with Gasteiger partial charge in [0, 0.05) is 6.61 Å². The van der Waals surface area contributed by atoms with Crippen LogP contribution in [0.3, 0.4) is 0 Å². The zero-order valence-electron chi connectivity index (χ0n) is 18.9. The lowest BCUT2D eigenvalue weighted by atomic mass is 9.98. The van der Waals surface area contributed by atoms with Crippen molar-refractivity contribution in [1.29, 1.82) is 0 Å².